The minimum Gasteiger partial charge on any atom is -0.334 e. The normalized spacial score (nSPS) is 17.5. The lowest BCUT2D eigenvalue weighted by Gasteiger charge is -2.30. The van der Waals surface area contributed by atoms with Gasteiger partial charge in [0.2, 0.25) is 0 Å². The van der Waals surface area contributed by atoms with Gasteiger partial charge >= 0.3 is 0 Å². The lowest BCUT2D eigenvalue weighted by molar-refractivity contribution is 0.0674. The fourth-order valence-corrected chi connectivity index (χ4v) is 4.08. The summed E-state index contributed by atoms with van der Waals surface area (Å²) in [6.07, 6.45) is 4.92. The Labute approximate surface area is 164 Å². The summed E-state index contributed by atoms with van der Waals surface area (Å²) in [6.45, 7) is 2.75. The molecule has 1 aliphatic rings. The number of likely N-dealkylation sites (tertiary alicyclic amines) is 1. The Bertz CT molecular complexity index is 1060. The molecule has 1 aliphatic heterocycles. The predicted molar refractivity (Wildman–Crippen MR) is 111 cm³/mol. The number of carbonyl (C=O) groups is 1. The van der Waals surface area contributed by atoms with E-state index in [1.807, 2.05) is 23.1 Å². The first kappa shape index (κ1) is 18.4. The SMILES string of the molecule is Cc1cccc(CC2CCCCCN2C(=O)c2nc3ccccc3[nH]c2=O)c1. The maximum absolute atomic E-state index is 13.3. The van der Waals surface area contributed by atoms with E-state index in [-0.39, 0.29) is 17.6 Å². The molecule has 5 nitrogen and oxygen atoms in total. The van der Waals surface area contributed by atoms with Crippen LogP contribution in [0.3, 0.4) is 0 Å². The molecular formula is C23H25N3O2. The molecule has 1 N–H and O–H groups in total. The van der Waals surface area contributed by atoms with E-state index >= 15 is 0 Å². The largest absolute Gasteiger partial charge is 0.334 e. The number of aromatic nitrogens is 2. The van der Waals surface area contributed by atoms with Gasteiger partial charge in [-0.15, -0.1) is 0 Å². The summed E-state index contributed by atoms with van der Waals surface area (Å²) in [6, 6.07) is 15.8. The number of para-hydroxylation sites is 2. The summed E-state index contributed by atoms with van der Waals surface area (Å²) in [5, 5.41) is 0. The van der Waals surface area contributed by atoms with Crippen LogP contribution in [-0.2, 0) is 6.42 Å². The molecule has 2 aromatic carbocycles. The number of nitrogens with zero attached hydrogens (tertiary/aromatic N) is 2. The quantitative estimate of drug-likeness (QED) is 0.756. The molecule has 0 saturated carbocycles. The average Bonchev–Trinajstić information content (AvgIpc) is 2.92. The maximum Gasteiger partial charge on any atom is 0.280 e. The number of hydrogen-bond acceptors (Lipinski definition) is 3. The zero-order chi connectivity index (χ0) is 19.5. The maximum atomic E-state index is 13.3. The van der Waals surface area contributed by atoms with Crippen LogP contribution in [0.1, 0.15) is 47.3 Å². The van der Waals surface area contributed by atoms with Crippen molar-refractivity contribution in [3.8, 4) is 0 Å². The highest BCUT2D eigenvalue weighted by molar-refractivity contribution is 5.94. The van der Waals surface area contributed by atoms with Gasteiger partial charge in [0.25, 0.3) is 11.5 Å². The fraction of sp³-hybridized carbons (Fsp3) is 0.348. The van der Waals surface area contributed by atoms with Crippen LogP contribution in [0.2, 0.25) is 0 Å². The highest BCUT2D eigenvalue weighted by Crippen LogP contribution is 2.22. The average molecular weight is 375 g/mol. The second-order valence-corrected chi connectivity index (χ2v) is 7.63. The molecule has 0 bridgehead atoms. The van der Waals surface area contributed by atoms with Gasteiger partial charge in [-0.1, -0.05) is 54.8 Å². The Kier molecular flexibility index (Phi) is 5.24. The zero-order valence-corrected chi connectivity index (χ0v) is 16.1. The van der Waals surface area contributed by atoms with E-state index in [1.54, 1.807) is 6.07 Å². The standard InChI is InChI=1S/C23H25N3O2/c1-16-8-7-9-17(14-16)15-18-10-3-2-6-13-26(18)23(28)21-22(27)25-20-12-5-4-11-19(20)24-21/h4-5,7-9,11-12,14,18H,2-3,6,10,13,15H2,1H3,(H,25,27). The monoisotopic (exact) mass is 375 g/mol. The number of nitrogens with one attached hydrogen (secondary N) is 1. The zero-order valence-electron chi connectivity index (χ0n) is 16.1. The van der Waals surface area contributed by atoms with Crippen molar-refractivity contribution in [1.29, 1.82) is 0 Å². The van der Waals surface area contributed by atoms with E-state index in [0.717, 1.165) is 32.1 Å². The Morgan fingerprint density at radius 1 is 1.14 bits per heavy atom. The number of carbonyl (C=O) groups excluding carboxylic acids is 1. The Balaban J connectivity index is 1.66. The van der Waals surface area contributed by atoms with Gasteiger partial charge in [0, 0.05) is 12.6 Å². The van der Waals surface area contributed by atoms with Crippen molar-refractivity contribution in [1.82, 2.24) is 14.9 Å². The molecule has 4 rings (SSSR count). The summed E-state index contributed by atoms with van der Waals surface area (Å²) in [7, 11) is 0. The van der Waals surface area contributed by atoms with Crippen LogP contribution in [0, 0.1) is 6.92 Å². The minimum absolute atomic E-state index is 0.00478. The first-order valence-corrected chi connectivity index (χ1v) is 9.97. The molecule has 1 aromatic heterocycles. The lowest BCUT2D eigenvalue weighted by atomic mass is 9.99. The van der Waals surface area contributed by atoms with Crippen molar-refractivity contribution in [2.24, 2.45) is 0 Å². The van der Waals surface area contributed by atoms with Crippen LogP contribution >= 0.6 is 0 Å². The van der Waals surface area contributed by atoms with Crippen LogP contribution < -0.4 is 5.56 Å². The van der Waals surface area contributed by atoms with Gasteiger partial charge in [-0.05, 0) is 43.9 Å². The first-order chi connectivity index (χ1) is 13.6. The predicted octanol–water partition coefficient (Wildman–Crippen LogP) is 3.86. The molecule has 0 spiro atoms. The van der Waals surface area contributed by atoms with Gasteiger partial charge in [0.05, 0.1) is 11.0 Å². The van der Waals surface area contributed by atoms with Crippen molar-refractivity contribution in [2.45, 2.75) is 45.1 Å². The van der Waals surface area contributed by atoms with Crippen LogP contribution in [0.15, 0.2) is 53.3 Å². The number of aryl methyl sites for hydroxylation is 1. The Hall–Kier alpha value is -2.95. The van der Waals surface area contributed by atoms with E-state index < -0.39 is 5.56 Å². The summed E-state index contributed by atoms with van der Waals surface area (Å²) in [5.74, 6) is -0.258. The highest BCUT2D eigenvalue weighted by Gasteiger charge is 2.29. The first-order valence-electron chi connectivity index (χ1n) is 9.97. The number of hydrogen-bond donors (Lipinski definition) is 1. The summed E-state index contributed by atoms with van der Waals surface area (Å²) >= 11 is 0. The van der Waals surface area contributed by atoms with Gasteiger partial charge in [0.15, 0.2) is 5.69 Å². The highest BCUT2D eigenvalue weighted by atomic mass is 16.2. The van der Waals surface area contributed by atoms with Crippen molar-refractivity contribution < 1.29 is 4.79 Å². The van der Waals surface area contributed by atoms with E-state index in [0.29, 0.717) is 17.6 Å². The molecule has 1 atom stereocenters. The molecule has 5 heteroatoms. The number of aromatic amines is 1. The van der Waals surface area contributed by atoms with Gasteiger partial charge in [-0.25, -0.2) is 4.98 Å². The van der Waals surface area contributed by atoms with Crippen molar-refractivity contribution in [3.05, 3.63) is 75.7 Å². The van der Waals surface area contributed by atoms with Crippen LogP contribution in [0.5, 0.6) is 0 Å². The van der Waals surface area contributed by atoms with E-state index in [2.05, 4.69) is 41.2 Å². The number of rotatable bonds is 3. The van der Waals surface area contributed by atoms with Crippen molar-refractivity contribution in [2.75, 3.05) is 6.54 Å². The van der Waals surface area contributed by atoms with Crippen LogP contribution in [0.4, 0.5) is 0 Å². The van der Waals surface area contributed by atoms with Crippen molar-refractivity contribution >= 4 is 16.9 Å². The van der Waals surface area contributed by atoms with E-state index in [1.165, 1.54) is 11.1 Å². The van der Waals surface area contributed by atoms with Crippen LogP contribution in [-0.4, -0.2) is 33.4 Å². The molecule has 144 valence electrons. The summed E-state index contributed by atoms with van der Waals surface area (Å²) in [5.41, 5.74) is 3.31. The molecule has 0 aliphatic carbocycles. The number of benzene rings is 2. The molecule has 1 fully saturated rings. The third-order valence-corrected chi connectivity index (χ3v) is 5.49. The number of amides is 1. The second kappa shape index (κ2) is 7.97. The third kappa shape index (κ3) is 3.84. The van der Waals surface area contributed by atoms with Gasteiger partial charge in [-0.3, -0.25) is 9.59 Å². The van der Waals surface area contributed by atoms with Crippen LogP contribution in [0.25, 0.3) is 11.0 Å². The number of H-pyrrole nitrogens is 1. The lowest BCUT2D eigenvalue weighted by Crippen LogP contribution is -2.43. The third-order valence-electron chi connectivity index (χ3n) is 5.49. The minimum atomic E-state index is -0.415. The smallest absolute Gasteiger partial charge is 0.280 e. The molecule has 3 aromatic rings. The van der Waals surface area contributed by atoms with Gasteiger partial charge in [0.1, 0.15) is 0 Å². The second-order valence-electron chi connectivity index (χ2n) is 7.63. The molecule has 28 heavy (non-hydrogen) atoms. The molecular weight excluding hydrogens is 350 g/mol. The number of fused-ring (bicyclic) bond motifs is 1. The van der Waals surface area contributed by atoms with Gasteiger partial charge in [-0.2, -0.15) is 0 Å². The van der Waals surface area contributed by atoms with E-state index in [9.17, 15) is 9.59 Å². The molecule has 0 radical (unpaired) electrons. The fourth-order valence-electron chi connectivity index (χ4n) is 4.08. The Morgan fingerprint density at radius 3 is 2.86 bits per heavy atom. The summed E-state index contributed by atoms with van der Waals surface area (Å²) in [4.78, 5) is 35.0. The molecule has 1 saturated heterocycles. The van der Waals surface area contributed by atoms with Crippen molar-refractivity contribution in [3.63, 3.8) is 0 Å². The summed E-state index contributed by atoms with van der Waals surface area (Å²) < 4.78 is 0. The molecule has 2 heterocycles. The molecule has 1 unspecified atom stereocenters. The van der Waals surface area contributed by atoms with E-state index in [4.69, 9.17) is 0 Å². The molecule has 1 amide bonds. The topological polar surface area (TPSA) is 66.1 Å². The Morgan fingerprint density at radius 2 is 2.00 bits per heavy atom. The van der Waals surface area contributed by atoms with Gasteiger partial charge < -0.3 is 9.88 Å².